The molecule has 0 unspecified atom stereocenters. The molecule has 162 valence electrons. The highest BCUT2D eigenvalue weighted by Gasteiger charge is 2.14. The van der Waals surface area contributed by atoms with E-state index in [1.54, 1.807) is 24.3 Å². The third-order valence-electron chi connectivity index (χ3n) is 4.72. The maximum Gasteiger partial charge on any atom is 0.228 e. The van der Waals surface area contributed by atoms with E-state index in [-0.39, 0.29) is 18.1 Å². The van der Waals surface area contributed by atoms with Crippen LogP contribution in [0.4, 0.5) is 30.5 Å². The van der Waals surface area contributed by atoms with Crippen molar-refractivity contribution in [2.75, 3.05) is 29.1 Å². The van der Waals surface area contributed by atoms with Crippen molar-refractivity contribution in [1.29, 1.82) is 0 Å². The highest BCUT2D eigenvalue weighted by molar-refractivity contribution is 5.95. The Hall–Kier alpha value is -3.55. The van der Waals surface area contributed by atoms with Gasteiger partial charge in [-0.15, -0.1) is 0 Å². The van der Waals surface area contributed by atoms with Crippen LogP contribution in [0, 0.1) is 17.5 Å². The summed E-state index contributed by atoms with van der Waals surface area (Å²) >= 11 is 0. The molecule has 31 heavy (non-hydrogen) atoms. The zero-order chi connectivity index (χ0) is 22.4. The lowest BCUT2D eigenvalue weighted by Crippen LogP contribution is -2.22. The number of rotatable bonds is 8. The highest BCUT2D eigenvalue weighted by atomic mass is 19.2. The second-order valence-electron chi connectivity index (χ2n) is 7.04. The number of amides is 1. The molecule has 5 nitrogen and oxygen atoms in total. The third-order valence-corrected chi connectivity index (χ3v) is 4.72. The van der Waals surface area contributed by atoms with E-state index in [1.165, 1.54) is 18.2 Å². The van der Waals surface area contributed by atoms with Crippen molar-refractivity contribution in [1.82, 2.24) is 4.98 Å². The molecule has 1 aromatic heterocycles. The Morgan fingerprint density at radius 3 is 2.35 bits per heavy atom. The molecule has 2 N–H and O–H groups in total. The van der Waals surface area contributed by atoms with E-state index in [4.69, 9.17) is 0 Å². The van der Waals surface area contributed by atoms with Gasteiger partial charge in [-0.2, -0.15) is 0 Å². The number of halogens is 3. The van der Waals surface area contributed by atoms with Gasteiger partial charge in [0, 0.05) is 20.1 Å². The van der Waals surface area contributed by atoms with E-state index < -0.39 is 11.6 Å². The Kier molecular flexibility index (Phi) is 7.12. The van der Waals surface area contributed by atoms with Crippen LogP contribution in [0.15, 0.2) is 54.6 Å². The first-order valence-electron chi connectivity index (χ1n) is 9.80. The van der Waals surface area contributed by atoms with Gasteiger partial charge in [0.05, 0.1) is 12.1 Å². The third kappa shape index (κ3) is 5.97. The molecule has 8 heteroatoms. The molecule has 0 radical (unpaired) electrons. The van der Waals surface area contributed by atoms with Crippen LogP contribution in [0.2, 0.25) is 0 Å². The number of nitrogens with zero attached hydrogens (tertiary/aromatic N) is 2. The summed E-state index contributed by atoms with van der Waals surface area (Å²) in [5.41, 5.74) is 1.77. The lowest BCUT2D eigenvalue weighted by atomic mass is 10.1. The normalized spacial score (nSPS) is 10.6. The molecule has 0 aliphatic heterocycles. The molecule has 0 spiro atoms. The average molecular weight is 428 g/mol. The summed E-state index contributed by atoms with van der Waals surface area (Å²) in [5, 5.41) is 5.97. The Balaban J connectivity index is 1.72. The standard InChI is InChI=1S/C23H23F3N4O/c1-3-30(2)23-20(28-22(31)13-16-6-9-18(25)19(26)12-16)10-11-21(29-23)27-14-15-4-7-17(24)8-5-15/h4-12H,3,13-14H2,1-2H3,(H,27,29)(H,28,31). The molecule has 3 aromatic rings. The number of anilines is 3. The number of carbonyl (C=O) groups excluding carboxylic acids is 1. The summed E-state index contributed by atoms with van der Waals surface area (Å²) in [4.78, 5) is 18.9. The molecule has 0 fully saturated rings. The van der Waals surface area contributed by atoms with Crippen LogP contribution in [0.1, 0.15) is 18.1 Å². The molecule has 1 heterocycles. The van der Waals surface area contributed by atoms with Gasteiger partial charge in [0.25, 0.3) is 0 Å². The van der Waals surface area contributed by atoms with Crippen LogP contribution in [0.5, 0.6) is 0 Å². The molecule has 0 aliphatic carbocycles. The molecule has 0 saturated heterocycles. The minimum atomic E-state index is -0.991. The number of hydrogen-bond acceptors (Lipinski definition) is 4. The van der Waals surface area contributed by atoms with Crippen LogP contribution in [-0.4, -0.2) is 24.5 Å². The molecule has 0 atom stereocenters. The largest absolute Gasteiger partial charge is 0.366 e. The highest BCUT2D eigenvalue weighted by Crippen LogP contribution is 2.25. The predicted octanol–water partition coefficient (Wildman–Crippen LogP) is 4.75. The Labute approximate surface area is 178 Å². The molecule has 2 aromatic carbocycles. The number of benzene rings is 2. The smallest absolute Gasteiger partial charge is 0.228 e. The van der Waals surface area contributed by atoms with E-state index >= 15 is 0 Å². The van der Waals surface area contributed by atoms with E-state index in [9.17, 15) is 18.0 Å². The van der Waals surface area contributed by atoms with Gasteiger partial charge in [-0.3, -0.25) is 4.79 Å². The number of carbonyl (C=O) groups is 1. The second kappa shape index (κ2) is 9.97. The lowest BCUT2D eigenvalue weighted by molar-refractivity contribution is -0.115. The van der Waals surface area contributed by atoms with Crippen molar-refractivity contribution < 1.29 is 18.0 Å². The van der Waals surface area contributed by atoms with E-state index in [0.717, 1.165) is 17.7 Å². The minimum Gasteiger partial charge on any atom is -0.366 e. The average Bonchev–Trinajstić information content (AvgIpc) is 2.76. The minimum absolute atomic E-state index is 0.100. The predicted molar refractivity (Wildman–Crippen MR) is 116 cm³/mol. The zero-order valence-electron chi connectivity index (χ0n) is 17.3. The number of aromatic nitrogens is 1. The Bertz CT molecular complexity index is 1060. The van der Waals surface area contributed by atoms with Crippen molar-refractivity contribution >= 4 is 23.2 Å². The Morgan fingerprint density at radius 1 is 0.968 bits per heavy atom. The monoisotopic (exact) mass is 428 g/mol. The second-order valence-corrected chi connectivity index (χ2v) is 7.04. The van der Waals surface area contributed by atoms with Gasteiger partial charge in [0.2, 0.25) is 5.91 Å². The lowest BCUT2D eigenvalue weighted by Gasteiger charge is -2.21. The van der Waals surface area contributed by atoms with E-state index in [0.29, 0.717) is 36.0 Å². The summed E-state index contributed by atoms with van der Waals surface area (Å²) in [6, 6.07) is 13.0. The van der Waals surface area contributed by atoms with Crippen LogP contribution in [0.3, 0.4) is 0 Å². The topological polar surface area (TPSA) is 57.3 Å². The molecular formula is C23H23F3N4O. The van der Waals surface area contributed by atoms with Gasteiger partial charge in [-0.25, -0.2) is 18.2 Å². The van der Waals surface area contributed by atoms with E-state index in [1.807, 2.05) is 18.9 Å². The van der Waals surface area contributed by atoms with Gasteiger partial charge in [0.15, 0.2) is 17.5 Å². The van der Waals surface area contributed by atoms with Crippen LogP contribution >= 0.6 is 0 Å². The fraction of sp³-hybridized carbons (Fsp3) is 0.217. The number of nitrogens with one attached hydrogen (secondary N) is 2. The summed E-state index contributed by atoms with van der Waals surface area (Å²) < 4.78 is 39.5. The quantitative estimate of drug-likeness (QED) is 0.544. The SMILES string of the molecule is CCN(C)c1nc(NCc2ccc(F)cc2)ccc1NC(=O)Cc1ccc(F)c(F)c1. The summed E-state index contributed by atoms with van der Waals surface area (Å²) in [6.45, 7) is 3.07. The van der Waals surface area contributed by atoms with Crippen LogP contribution in [0.25, 0.3) is 0 Å². The first-order valence-corrected chi connectivity index (χ1v) is 9.80. The zero-order valence-corrected chi connectivity index (χ0v) is 17.3. The van der Waals surface area contributed by atoms with Gasteiger partial charge < -0.3 is 15.5 Å². The molecule has 0 saturated carbocycles. The maximum atomic E-state index is 13.4. The van der Waals surface area contributed by atoms with Crippen molar-refractivity contribution in [3.8, 4) is 0 Å². The van der Waals surface area contributed by atoms with Gasteiger partial charge in [-0.05, 0) is 54.4 Å². The molecular weight excluding hydrogens is 405 g/mol. The van der Waals surface area contributed by atoms with Gasteiger partial charge >= 0.3 is 0 Å². The summed E-state index contributed by atoms with van der Waals surface area (Å²) in [6.07, 6.45) is -0.100. The first-order chi connectivity index (χ1) is 14.9. The summed E-state index contributed by atoms with van der Waals surface area (Å²) in [5.74, 6) is -1.45. The van der Waals surface area contributed by atoms with Gasteiger partial charge in [-0.1, -0.05) is 18.2 Å². The molecule has 0 bridgehead atoms. The first kappa shape index (κ1) is 22.1. The Morgan fingerprint density at radius 2 is 1.68 bits per heavy atom. The number of hydrogen-bond donors (Lipinski definition) is 2. The molecule has 3 rings (SSSR count). The summed E-state index contributed by atoms with van der Waals surface area (Å²) in [7, 11) is 1.84. The van der Waals surface area contributed by atoms with Crippen molar-refractivity contribution in [2.45, 2.75) is 19.9 Å². The van der Waals surface area contributed by atoms with E-state index in [2.05, 4.69) is 15.6 Å². The number of pyridine rings is 1. The molecule has 1 amide bonds. The van der Waals surface area contributed by atoms with Crippen molar-refractivity contribution in [3.63, 3.8) is 0 Å². The van der Waals surface area contributed by atoms with Crippen LogP contribution < -0.4 is 15.5 Å². The van der Waals surface area contributed by atoms with Gasteiger partial charge in [0.1, 0.15) is 11.6 Å². The fourth-order valence-electron chi connectivity index (χ4n) is 2.91. The van der Waals surface area contributed by atoms with Crippen molar-refractivity contribution in [3.05, 3.63) is 83.2 Å². The fourth-order valence-corrected chi connectivity index (χ4v) is 2.91. The maximum absolute atomic E-state index is 13.4. The van der Waals surface area contributed by atoms with Crippen LogP contribution in [-0.2, 0) is 17.8 Å². The van der Waals surface area contributed by atoms with Crippen molar-refractivity contribution in [2.24, 2.45) is 0 Å². The molecule has 0 aliphatic rings.